The Morgan fingerprint density at radius 1 is 1.25 bits per heavy atom. The molecule has 0 fully saturated rings. The summed E-state index contributed by atoms with van der Waals surface area (Å²) in [6.07, 6.45) is 2.37. The van der Waals surface area contributed by atoms with Gasteiger partial charge in [-0.1, -0.05) is 37.1 Å². The van der Waals surface area contributed by atoms with E-state index in [0.717, 1.165) is 29.4 Å². The molecule has 1 nitrogen and oxygen atoms in total. The first-order valence-corrected chi connectivity index (χ1v) is 6.74. The van der Waals surface area contributed by atoms with Crippen molar-refractivity contribution in [1.82, 2.24) is 0 Å². The number of hydrogen-bond donors (Lipinski definition) is 0. The Morgan fingerprint density at radius 3 is 2.56 bits per heavy atom. The van der Waals surface area contributed by atoms with E-state index < -0.39 is 0 Å². The van der Waals surface area contributed by atoms with E-state index in [1.165, 1.54) is 12.8 Å². The molecule has 16 heavy (non-hydrogen) atoms. The summed E-state index contributed by atoms with van der Waals surface area (Å²) >= 11 is 12.2. The van der Waals surface area contributed by atoms with Gasteiger partial charge in [-0.2, -0.15) is 0 Å². The molecule has 0 amide bonds. The molecule has 0 spiro atoms. The number of hydrogen-bond acceptors (Lipinski definition) is 1. The maximum atomic E-state index is 6.26. The van der Waals surface area contributed by atoms with Crippen LogP contribution in [-0.2, 0) is 5.88 Å². The molecule has 0 saturated heterocycles. The molecule has 0 bridgehead atoms. The van der Waals surface area contributed by atoms with Crippen molar-refractivity contribution in [3.63, 3.8) is 0 Å². The average molecular weight is 260 g/mol. The molecule has 0 aliphatic rings. The van der Waals surface area contributed by atoms with Crippen LogP contribution in [0, 0.1) is 0 Å². The Kier molecular flexibility index (Phi) is 6.00. The van der Waals surface area contributed by atoms with Crippen LogP contribution >= 0.6 is 23.2 Å². The second-order valence-electron chi connectivity index (χ2n) is 3.81. The van der Waals surface area contributed by atoms with Gasteiger partial charge in [-0.05, 0) is 25.0 Å². The molecular formula is C13H19Cl2N. The summed E-state index contributed by atoms with van der Waals surface area (Å²) in [5, 5.41) is 0.802. The van der Waals surface area contributed by atoms with Crippen molar-refractivity contribution >= 4 is 28.9 Å². The zero-order chi connectivity index (χ0) is 12.0. The molecule has 90 valence electrons. The van der Waals surface area contributed by atoms with E-state index in [9.17, 15) is 0 Å². The highest BCUT2D eigenvalue weighted by Gasteiger charge is 2.12. The van der Waals surface area contributed by atoms with Crippen molar-refractivity contribution in [3.05, 3.63) is 28.8 Å². The Morgan fingerprint density at radius 2 is 2.00 bits per heavy atom. The number of benzene rings is 1. The maximum Gasteiger partial charge on any atom is 0.0642 e. The number of nitrogens with zero attached hydrogens (tertiary/aromatic N) is 1. The molecule has 0 unspecified atom stereocenters. The van der Waals surface area contributed by atoms with Crippen LogP contribution in [0.4, 0.5) is 5.69 Å². The van der Waals surface area contributed by atoms with Crippen LogP contribution in [0.25, 0.3) is 0 Å². The third-order valence-corrected chi connectivity index (χ3v) is 3.29. The lowest BCUT2D eigenvalue weighted by Crippen LogP contribution is -2.25. The van der Waals surface area contributed by atoms with Crippen molar-refractivity contribution in [2.45, 2.75) is 32.6 Å². The van der Waals surface area contributed by atoms with Crippen molar-refractivity contribution in [3.8, 4) is 0 Å². The van der Waals surface area contributed by atoms with Crippen LogP contribution in [0.1, 0.15) is 32.3 Å². The lowest BCUT2D eigenvalue weighted by molar-refractivity contribution is 0.730. The average Bonchev–Trinajstić information content (AvgIpc) is 2.31. The SMILES string of the molecule is CCCCN(CC)c1c(Cl)cccc1CCl. The summed E-state index contributed by atoms with van der Waals surface area (Å²) in [6.45, 7) is 6.36. The Bertz CT molecular complexity index is 326. The molecule has 3 heteroatoms. The summed E-state index contributed by atoms with van der Waals surface area (Å²) in [4.78, 5) is 2.31. The monoisotopic (exact) mass is 259 g/mol. The summed E-state index contributed by atoms with van der Waals surface area (Å²) in [5.74, 6) is 0.512. The highest BCUT2D eigenvalue weighted by molar-refractivity contribution is 6.33. The lowest BCUT2D eigenvalue weighted by atomic mass is 10.1. The highest BCUT2D eigenvalue weighted by atomic mass is 35.5. The number of unbranched alkanes of at least 4 members (excludes halogenated alkanes) is 1. The van der Waals surface area contributed by atoms with Gasteiger partial charge in [0.2, 0.25) is 0 Å². The first-order valence-electron chi connectivity index (χ1n) is 5.82. The first-order chi connectivity index (χ1) is 7.74. The Hall–Kier alpha value is -0.400. The molecule has 0 aliphatic heterocycles. The maximum absolute atomic E-state index is 6.26. The molecule has 0 N–H and O–H groups in total. The normalized spacial score (nSPS) is 10.5. The fourth-order valence-corrected chi connectivity index (χ4v) is 2.33. The van der Waals surface area contributed by atoms with Gasteiger partial charge >= 0.3 is 0 Å². The Balaban J connectivity index is 2.97. The number of alkyl halides is 1. The van der Waals surface area contributed by atoms with Gasteiger partial charge in [-0.25, -0.2) is 0 Å². The van der Waals surface area contributed by atoms with Gasteiger partial charge in [0.05, 0.1) is 10.7 Å². The van der Waals surface area contributed by atoms with Crippen LogP contribution < -0.4 is 4.90 Å². The van der Waals surface area contributed by atoms with Crippen molar-refractivity contribution in [1.29, 1.82) is 0 Å². The van der Waals surface area contributed by atoms with Crippen LogP contribution in [0.5, 0.6) is 0 Å². The van der Waals surface area contributed by atoms with Crippen LogP contribution in [0.3, 0.4) is 0 Å². The number of halogens is 2. The second-order valence-corrected chi connectivity index (χ2v) is 4.49. The summed E-state index contributed by atoms with van der Waals surface area (Å²) < 4.78 is 0. The zero-order valence-corrected chi connectivity index (χ0v) is 11.5. The molecular weight excluding hydrogens is 241 g/mol. The van der Waals surface area contributed by atoms with Crippen molar-refractivity contribution in [2.75, 3.05) is 18.0 Å². The second kappa shape index (κ2) is 7.03. The van der Waals surface area contributed by atoms with Crippen LogP contribution in [0.15, 0.2) is 18.2 Å². The fourth-order valence-electron chi connectivity index (χ4n) is 1.80. The number of para-hydroxylation sites is 1. The van der Waals surface area contributed by atoms with Gasteiger partial charge in [-0.3, -0.25) is 0 Å². The smallest absolute Gasteiger partial charge is 0.0642 e. The lowest BCUT2D eigenvalue weighted by Gasteiger charge is -2.26. The largest absolute Gasteiger partial charge is 0.370 e. The molecule has 0 atom stereocenters. The summed E-state index contributed by atoms with van der Waals surface area (Å²) in [7, 11) is 0. The van der Waals surface area contributed by atoms with Gasteiger partial charge in [0.15, 0.2) is 0 Å². The number of rotatable bonds is 6. The van der Waals surface area contributed by atoms with Gasteiger partial charge in [0.25, 0.3) is 0 Å². The minimum atomic E-state index is 0.512. The van der Waals surface area contributed by atoms with Gasteiger partial charge < -0.3 is 4.90 Å². The molecule has 0 heterocycles. The first kappa shape index (κ1) is 13.7. The van der Waals surface area contributed by atoms with E-state index >= 15 is 0 Å². The van der Waals surface area contributed by atoms with Crippen LogP contribution in [0.2, 0.25) is 5.02 Å². The molecule has 1 aromatic rings. The van der Waals surface area contributed by atoms with Crippen molar-refractivity contribution < 1.29 is 0 Å². The predicted molar refractivity (Wildman–Crippen MR) is 73.8 cm³/mol. The quantitative estimate of drug-likeness (QED) is 0.670. The minimum Gasteiger partial charge on any atom is -0.370 e. The molecule has 1 aromatic carbocycles. The molecule has 0 aromatic heterocycles. The third-order valence-electron chi connectivity index (χ3n) is 2.69. The minimum absolute atomic E-state index is 0.512. The predicted octanol–water partition coefficient (Wildman–Crippen LogP) is 4.71. The van der Waals surface area contributed by atoms with E-state index in [4.69, 9.17) is 23.2 Å². The van der Waals surface area contributed by atoms with E-state index in [1.54, 1.807) is 0 Å². The van der Waals surface area contributed by atoms with E-state index in [0.29, 0.717) is 5.88 Å². The molecule has 1 rings (SSSR count). The summed E-state index contributed by atoms with van der Waals surface area (Å²) in [6, 6.07) is 5.93. The third kappa shape index (κ3) is 3.29. The van der Waals surface area contributed by atoms with Gasteiger partial charge in [0.1, 0.15) is 0 Å². The molecule has 0 aliphatic carbocycles. The van der Waals surface area contributed by atoms with Crippen molar-refractivity contribution in [2.24, 2.45) is 0 Å². The number of anilines is 1. The topological polar surface area (TPSA) is 3.24 Å². The molecule has 0 radical (unpaired) electrons. The van der Waals surface area contributed by atoms with Gasteiger partial charge in [-0.15, -0.1) is 11.6 Å². The van der Waals surface area contributed by atoms with Crippen LogP contribution in [-0.4, -0.2) is 13.1 Å². The highest BCUT2D eigenvalue weighted by Crippen LogP contribution is 2.31. The fraction of sp³-hybridized carbons (Fsp3) is 0.538. The summed E-state index contributed by atoms with van der Waals surface area (Å²) in [5.41, 5.74) is 2.22. The Labute approximate surface area is 108 Å². The van der Waals surface area contributed by atoms with Gasteiger partial charge in [0, 0.05) is 19.0 Å². The van der Waals surface area contributed by atoms with E-state index in [1.807, 2.05) is 18.2 Å². The standard InChI is InChI=1S/C13H19Cl2N/c1-3-5-9-16(4-2)13-11(10-14)7-6-8-12(13)15/h6-8H,3-5,9-10H2,1-2H3. The molecule has 0 saturated carbocycles. The van der Waals surface area contributed by atoms with E-state index in [2.05, 4.69) is 18.7 Å². The van der Waals surface area contributed by atoms with E-state index in [-0.39, 0.29) is 0 Å². The zero-order valence-electron chi connectivity index (χ0n) is 9.97.